The van der Waals surface area contributed by atoms with Gasteiger partial charge in [0, 0.05) is 11.4 Å². The van der Waals surface area contributed by atoms with Gasteiger partial charge in [0.2, 0.25) is 11.1 Å². The van der Waals surface area contributed by atoms with E-state index in [4.69, 9.17) is 14.6 Å². The Balaban J connectivity index is 1.63. The van der Waals surface area contributed by atoms with Crippen LogP contribution in [0.2, 0.25) is 0 Å². The van der Waals surface area contributed by atoms with Crippen LogP contribution in [0.5, 0.6) is 5.75 Å². The van der Waals surface area contributed by atoms with Crippen molar-refractivity contribution in [2.24, 2.45) is 0 Å². The van der Waals surface area contributed by atoms with Crippen LogP contribution >= 0.6 is 11.8 Å². The lowest BCUT2D eigenvalue weighted by molar-refractivity contribution is -0.138. The summed E-state index contributed by atoms with van der Waals surface area (Å²) >= 11 is 1.59. The molecule has 1 unspecified atom stereocenters. The number of ether oxygens (including phenoxy) is 2. The maximum Gasteiger partial charge on any atom is 0.338 e. The molecule has 7 nitrogen and oxygen atoms in total. The van der Waals surface area contributed by atoms with E-state index in [1.54, 1.807) is 22.5 Å². The molecule has 1 aliphatic heterocycles. The van der Waals surface area contributed by atoms with E-state index in [9.17, 15) is 4.79 Å². The van der Waals surface area contributed by atoms with Crippen molar-refractivity contribution in [3.63, 3.8) is 0 Å². The highest BCUT2D eigenvalue weighted by molar-refractivity contribution is 7.99. The molecule has 1 aliphatic rings. The molecule has 182 valence electrons. The zero-order chi connectivity index (χ0) is 24.8. The second-order valence-electron chi connectivity index (χ2n) is 8.25. The predicted octanol–water partition coefficient (Wildman–Crippen LogP) is 5.69. The summed E-state index contributed by atoms with van der Waals surface area (Å²) in [6.45, 7) is 10.3. The Bertz CT molecular complexity index is 1230. The van der Waals surface area contributed by atoms with Crippen LogP contribution in [0, 0.1) is 6.92 Å². The number of anilines is 1. The number of thioether (sulfide) groups is 1. The number of carbonyl (C=O) groups excluding carboxylic acids is 1. The largest absolute Gasteiger partial charge is 0.489 e. The van der Waals surface area contributed by atoms with Crippen LogP contribution in [0.25, 0.3) is 0 Å². The maximum atomic E-state index is 13.0. The minimum atomic E-state index is -0.475. The van der Waals surface area contributed by atoms with Gasteiger partial charge in [-0.15, -0.1) is 5.10 Å². The van der Waals surface area contributed by atoms with Crippen LogP contribution in [0.3, 0.4) is 0 Å². The molecule has 2 aromatic carbocycles. The number of aryl methyl sites for hydroxylation is 1. The number of allylic oxidation sites excluding steroid dienone is 1. The third kappa shape index (κ3) is 5.59. The Labute approximate surface area is 210 Å². The molecular weight excluding hydrogens is 460 g/mol. The summed E-state index contributed by atoms with van der Waals surface area (Å²) in [5, 5.41) is 8.61. The first-order valence-corrected chi connectivity index (χ1v) is 12.6. The van der Waals surface area contributed by atoms with Gasteiger partial charge in [-0.05, 0) is 49.1 Å². The first kappa shape index (κ1) is 24.6. The molecule has 0 saturated carbocycles. The number of carbonyl (C=O) groups is 1. The topological polar surface area (TPSA) is 78.3 Å². The molecule has 0 aliphatic carbocycles. The number of hydrogen-bond donors (Lipinski definition) is 1. The quantitative estimate of drug-likeness (QED) is 0.222. The van der Waals surface area contributed by atoms with Crippen molar-refractivity contribution < 1.29 is 14.3 Å². The lowest BCUT2D eigenvalue weighted by atomic mass is 9.96. The minimum absolute atomic E-state index is 0.135. The number of esters is 1. The van der Waals surface area contributed by atoms with Crippen molar-refractivity contribution >= 4 is 23.7 Å². The Kier molecular flexibility index (Phi) is 7.92. The molecular formula is C27H30N4O3S. The zero-order valence-corrected chi connectivity index (χ0v) is 21.1. The van der Waals surface area contributed by atoms with Gasteiger partial charge in [-0.2, -0.15) is 4.98 Å². The molecule has 35 heavy (non-hydrogen) atoms. The molecule has 1 aromatic heterocycles. The summed E-state index contributed by atoms with van der Waals surface area (Å²) in [4.78, 5) is 17.7. The third-order valence-corrected chi connectivity index (χ3v) is 6.72. The van der Waals surface area contributed by atoms with E-state index >= 15 is 0 Å². The van der Waals surface area contributed by atoms with Gasteiger partial charge >= 0.3 is 5.97 Å². The predicted molar refractivity (Wildman–Crippen MR) is 139 cm³/mol. The fourth-order valence-electron chi connectivity index (χ4n) is 3.85. The standard InChI is InChI=1S/C27H30N4O3S/c1-5-15-33-25(32)23-19(4)28-26-29-27(35-16-6-2)30-31(26)24(23)20-11-13-22(14-12-20)34-17-21-10-8-7-9-18(21)3/h5,7-14,24H,1,6,15-17H2,2-4H3,(H,28,29,30). The van der Waals surface area contributed by atoms with E-state index < -0.39 is 12.0 Å². The van der Waals surface area contributed by atoms with Crippen molar-refractivity contribution in [3.05, 3.63) is 89.1 Å². The summed E-state index contributed by atoms with van der Waals surface area (Å²) in [6, 6.07) is 15.4. The number of nitrogens with zero attached hydrogens (tertiary/aromatic N) is 3. The molecule has 1 atom stereocenters. The van der Waals surface area contributed by atoms with Gasteiger partial charge in [-0.1, -0.05) is 67.7 Å². The molecule has 0 radical (unpaired) electrons. The van der Waals surface area contributed by atoms with Gasteiger partial charge in [0.15, 0.2) is 0 Å². The van der Waals surface area contributed by atoms with E-state index in [2.05, 4.69) is 42.9 Å². The molecule has 0 fully saturated rings. The highest BCUT2D eigenvalue weighted by Crippen LogP contribution is 2.37. The van der Waals surface area contributed by atoms with Crippen molar-refractivity contribution in [1.82, 2.24) is 14.8 Å². The maximum absolute atomic E-state index is 13.0. The lowest BCUT2D eigenvalue weighted by Crippen LogP contribution is -2.29. The molecule has 0 bridgehead atoms. The van der Waals surface area contributed by atoms with Gasteiger partial charge in [0.25, 0.3) is 0 Å². The molecule has 3 aromatic rings. The first-order valence-electron chi connectivity index (χ1n) is 11.6. The molecule has 8 heteroatoms. The molecule has 4 rings (SSSR count). The SMILES string of the molecule is C=CCOC(=O)C1=C(C)Nc2nc(SCCC)nn2C1c1ccc(OCc2ccccc2C)cc1. The normalized spacial score (nSPS) is 14.8. The van der Waals surface area contributed by atoms with Crippen LogP contribution in [-0.2, 0) is 16.1 Å². The number of hydrogen-bond acceptors (Lipinski definition) is 7. The summed E-state index contributed by atoms with van der Waals surface area (Å²) in [6.07, 6.45) is 2.58. The number of fused-ring (bicyclic) bond motifs is 1. The Morgan fingerprint density at radius 1 is 1.20 bits per heavy atom. The van der Waals surface area contributed by atoms with E-state index in [1.807, 2.05) is 43.3 Å². The van der Waals surface area contributed by atoms with Gasteiger partial charge < -0.3 is 14.8 Å². The van der Waals surface area contributed by atoms with Crippen molar-refractivity contribution in [2.75, 3.05) is 17.7 Å². The van der Waals surface area contributed by atoms with E-state index in [0.29, 0.717) is 29.0 Å². The summed E-state index contributed by atoms with van der Waals surface area (Å²) in [7, 11) is 0. The number of nitrogens with one attached hydrogen (secondary N) is 1. The fraction of sp³-hybridized carbons (Fsp3) is 0.296. The van der Waals surface area contributed by atoms with Crippen LogP contribution in [0.1, 0.15) is 43.0 Å². The summed E-state index contributed by atoms with van der Waals surface area (Å²) in [5.74, 6) is 1.86. The van der Waals surface area contributed by atoms with E-state index in [-0.39, 0.29) is 6.61 Å². The Morgan fingerprint density at radius 3 is 2.69 bits per heavy atom. The van der Waals surface area contributed by atoms with Crippen LogP contribution < -0.4 is 10.1 Å². The Hall–Kier alpha value is -3.52. The molecule has 2 heterocycles. The minimum Gasteiger partial charge on any atom is -0.489 e. The smallest absolute Gasteiger partial charge is 0.338 e. The van der Waals surface area contributed by atoms with Gasteiger partial charge in [0.1, 0.15) is 25.0 Å². The van der Waals surface area contributed by atoms with E-state index in [1.165, 1.54) is 5.56 Å². The Morgan fingerprint density at radius 2 is 1.97 bits per heavy atom. The van der Waals surface area contributed by atoms with E-state index in [0.717, 1.165) is 29.1 Å². The second kappa shape index (κ2) is 11.3. The highest BCUT2D eigenvalue weighted by atomic mass is 32.2. The highest BCUT2D eigenvalue weighted by Gasteiger charge is 2.35. The van der Waals surface area contributed by atoms with Crippen LogP contribution in [0.4, 0.5) is 5.95 Å². The number of rotatable bonds is 10. The van der Waals surface area contributed by atoms with Crippen LogP contribution in [0.15, 0.2) is 77.6 Å². The molecule has 0 saturated heterocycles. The summed E-state index contributed by atoms with van der Waals surface area (Å²) in [5.41, 5.74) is 4.40. The third-order valence-electron chi connectivity index (χ3n) is 5.67. The van der Waals surface area contributed by atoms with Gasteiger partial charge in [-0.25, -0.2) is 9.48 Å². The van der Waals surface area contributed by atoms with Gasteiger partial charge in [-0.3, -0.25) is 0 Å². The molecule has 0 amide bonds. The lowest BCUT2D eigenvalue weighted by Gasteiger charge is -2.28. The first-order chi connectivity index (χ1) is 17.0. The number of aromatic nitrogens is 3. The second-order valence-corrected chi connectivity index (χ2v) is 9.31. The van der Waals surface area contributed by atoms with Crippen molar-refractivity contribution in [2.45, 2.75) is 45.0 Å². The van der Waals surface area contributed by atoms with Crippen LogP contribution in [-0.4, -0.2) is 33.1 Å². The van der Waals surface area contributed by atoms with Crippen molar-refractivity contribution in [1.29, 1.82) is 0 Å². The van der Waals surface area contributed by atoms with Gasteiger partial charge in [0.05, 0.1) is 5.57 Å². The summed E-state index contributed by atoms with van der Waals surface area (Å²) < 4.78 is 13.2. The zero-order valence-electron chi connectivity index (χ0n) is 20.3. The monoisotopic (exact) mass is 490 g/mol. The average Bonchev–Trinajstić information content (AvgIpc) is 3.27. The molecule has 0 spiro atoms. The molecule has 1 N–H and O–H groups in total. The average molecular weight is 491 g/mol. The number of benzene rings is 2. The fourth-order valence-corrected chi connectivity index (χ4v) is 4.53. The van der Waals surface area contributed by atoms with Crippen molar-refractivity contribution in [3.8, 4) is 5.75 Å².